The third-order valence-electron chi connectivity index (χ3n) is 3.85. The van der Waals surface area contributed by atoms with Gasteiger partial charge in [0.15, 0.2) is 0 Å². The second-order valence-corrected chi connectivity index (χ2v) is 6.32. The number of phenolic OH excluding ortho intramolecular Hbond substituents is 1. The second-order valence-electron chi connectivity index (χ2n) is 6.32. The lowest BCUT2D eigenvalue weighted by Gasteiger charge is -2.15. The molecule has 156 valence electrons. The first kappa shape index (κ1) is 23.3. The number of unbranched alkanes of at least 4 members (excludes halogenated alkanes) is 1. The Morgan fingerprint density at radius 2 is 1.71 bits per heavy atom. The minimum absolute atomic E-state index is 0.00957. The Morgan fingerprint density at radius 1 is 1.07 bits per heavy atom. The molecular formula is C18H24F3N3O4. The number of hydrogen-bond acceptors (Lipinski definition) is 4. The summed E-state index contributed by atoms with van der Waals surface area (Å²) in [4.78, 5) is 35.1. The van der Waals surface area contributed by atoms with Gasteiger partial charge >= 0.3 is 6.18 Å². The molecule has 0 aliphatic carbocycles. The van der Waals surface area contributed by atoms with Crippen LogP contribution in [0.4, 0.5) is 13.2 Å². The second kappa shape index (κ2) is 11.2. The molecule has 0 heterocycles. The van der Waals surface area contributed by atoms with Crippen molar-refractivity contribution in [2.24, 2.45) is 5.73 Å². The van der Waals surface area contributed by atoms with Gasteiger partial charge in [0.2, 0.25) is 17.7 Å². The van der Waals surface area contributed by atoms with Crippen molar-refractivity contribution in [2.75, 3.05) is 6.54 Å². The van der Waals surface area contributed by atoms with Gasteiger partial charge in [0.25, 0.3) is 0 Å². The first-order valence-electron chi connectivity index (χ1n) is 8.77. The van der Waals surface area contributed by atoms with Gasteiger partial charge in [0.1, 0.15) is 11.8 Å². The highest BCUT2D eigenvalue weighted by Gasteiger charge is 2.26. The van der Waals surface area contributed by atoms with Crippen molar-refractivity contribution >= 4 is 17.7 Å². The zero-order chi connectivity index (χ0) is 21.2. The summed E-state index contributed by atoms with van der Waals surface area (Å²) < 4.78 is 36.2. The minimum Gasteiger partial charge on any atom is -0.508 e. The van der Waals surface area contributed by atoms with Crippen LogP contribution < -0.4 is 16.4 Å². The Kier molecular flexibility index (Phi) is 9.26. The van der Waals surface area contributed by atoms with Crippen LogP contribution in [0.25, 0.3) is 0 Å². The molecule has 0 saturated heterocycles. The molecule has 1 rings (SSSR count). The quantitative estimate of drug-likeness (QED) is 0.419. The lowest BCUT2D eigenvalue weighted by atomic mass is 10.1. The minimum atomic E-state index is -4.27. The van der Waals surface area contributed by atoms with Crippen LogP contribution in [-0.4, -0.2) is 41.6 Å². The third kappa shape index (κ3) is 10.4. The van der Waals surface area contributed by atoms with E-state index < -0.39 is 36.4 Å². The average molecular weight is 403 g/mol. The summed E-state index contributed by atoms with van der Waals surface area (Å²) in [6, 6.07) is 5.21. The van der Waals surface area contributed by atoms with E-state index in [0.717, 1.165) is 5.56 Å². The molecule has 0 aliphatic heterocycles. The van der Waals surface area contributed by atoms with Crippen molar-refractivity contribution in [3.05, 3.63) is 29.8 Å². The highest BCUT2D eigenvalue weighted by Crippen LogP contribution is 2.22. The maximum absolute atomic E-state index is 12.1. The number of carbonyl (C=O) groups excluding carboxylic acids is 3. The van der Waals surface area contributed by atoms with Gasteiger partial charge in [-0.2, -0.15) is 13.2 Å². The van der Waals surface area contributed by atoms with E-state index in [2.05, 4.69) is 10.6 Å². The maximum Gasteiger partial charge on any atom is 0.389 e. The van der Waals surface area contributed by atoms with E-state index >= 15 is 0 Å². The molecule has 1 atom stereocenters. The van der Waals surface area contributed by atoms with Gasteiger partial charge in [0.05, 0.1) is 6.42 Å². The van der Waals surface area contributed by atoms with Crippen LogP contribution in [0.15, 0.2) is 24.3 Å². The van der Waals surface area contributed by atoms with Crippen LogP contribution in [0, 0.1) is 0 Å². The lowest BCUT2D eigenvalue weighted by molar-refractivity contribution is -0.137. The Balaban J connectivity index is 2.33. The molecule has 0 aromatic heterocycles. The van der Waals surface area contributed by atoms with Gasteiger partial charge in [-0.25, -0.2) is 0 Å². The summed E-state index contributed by atoms with van der Waals surface area (Å²) in [6.45, 7) is 0.278. The van der Waals surface area contributed by atoms with E-state index in [-0.39, 0.29) is 38.0 Å². The molecule has 0 spiro atoms. The third-order valence-corrected chi connectivity index (χ3v) is 3.85. The number of amides is 3. The monoisotopic (exact) mass is 403 g/mol. The van der Waals surface area contributed by atoms with Gasteiger partial charge in [-0.15, -0.1) is 0 Å². The molecule has 0 saturated carbocycles. The summed E-state index contributed by atoms with van der Waals surface area (Å²) in [5, 5.41) is 14.1. The fraction of sp³-hybridized carbons (Fsp3) is 0.500. The molecule has 1 aromatic rings. The zero-order valence-electron chi connectivity index (χ0n) is 15.2. The average Bonchev–Trinajstić information content (AvgIpc) is 2.59. The Labute approximate surface area is 160 Å². The van der Waals surface area contributed by atoms with Gasteiger partial charge in [0, 0.05) is 19.4 Å². The zero-order valence-corrected chi connectivity index (χ0v) is 15.2. The van der Waals surface area contributed by atoms with Crippen molar-refractivity contribution in [1.29, 1.82) is 0 Å². The first-order valence-corrected chi connectivity index (χ1v) is 8.77. The van der Waals surface area contributed by atoms with E-state index in [4.69, 9.17) is 5.73 Å². The number of nitrogens with two attached hydrogens (primary N) is 1. The highest BCUT2D eigenvalue weighted by molar-refractivity contribution is 5.91. The van der Waals surface area contributed by atoms with E-state index in [1.54, 1.807) is 12.1 Å². The standard InChI is InChI=1S/C18H24F3N3O4/c19-18(20,21)9-2-1-3-15(26)24-14(17(22)28)11-16(27)23-10-8-12-4-6-13(25)7-5-12/h4-7,14,25H,1-3,8-11H2,(H2,22,28)(H,23,27)(H,24,26)/t14-/m1/s1. The number of halogens is 3. The first-order chi connectivity index (χ1) is 13.1. The van der Waals surface area contributed by atoms with Crippen molar-refractivity contribution in [1.82, 2.24) is 10.6 Å². The number of phenols is 1. The van der Waals surface area contributed by atoms with Crippen molar-refractivity contribution in [3.63, 3.8) is 0 Å². The van der Waals surface area contributed by atoms with Gasteiger partial charge in [-0.05, 0) is 37.0 Å². The van der Waals surface area contributed by atoms with E-state index in [0.29, 0.717) is 6.42 Å². The largest absolute Gasteiger partial charge is 0.508 e. The molecule has 0 radical (unpaired) electrons. The summed E-state index contributed by atoms with van der Waals surface area (Å²) in [7, 11) is 0. The SMILES string of the molecule is NC(=O)[C@@H](CC(=O)NCCc1ccc(O)cc1)NC(=O)CCCCC(F)(F)F. The van der Waals surface area contributed by atoms with E-state index in [1.807, 2.05) is 0 Å². The van der Waals surface area contributed by atoms with E-state index in [9.17, 15) is 32.7 Å². The maximum atomic E-state index is 12.1. The number of benzene rings is 1. The number of carbonyl (C=O) groups is 3. The summed E-state index contributed by atoms with van der Waals surface area (Å²) in [5.74, 6) is -1.91. The number of nitrogens with one attached hydrogen (secondary N) is 2. The predicted octanol–water partition coefficient (Wildman–Crippen LogP) is 1.53. The van der Waals surface area contributed by atoms with Gasteiger partial charge in [-0.3, -0.25) is 14.4 Å². The molecule has 0 fully saturated rings. The Hall–Kier alpha value is -2.78. The summed E-state index contributed by atoms with van der Waals surface area (Å²) in [5.41, 5.74) is 6.06. The smallest absolute Gasteiger partial charge is 0.389 e. The molecular weight excluding hydrogens is 379 g/mol. The van der Waals surface area contributed by atoms with Crippen LogP contribution in [0.2, 0.25) is 0 Å². The van der Waals surface area contributed by atoms with Crippen LogP contribution in [0.1, 0.15) is 37.7 Å². The number of rotatable bonds is 11. The molecule has 3 amide bonds. The van der Waals surface area contributed by atoms with Crippen molar-refractivity contribution < 1.29 is 32.7 Å². The van der Waals surface area contributed by atoms with Crippen LogP contribution in [0.3, 0.4) is 0 Å². The van der Waals surface area contributed by atoms with Crippen molar-refractivity contribution in [2.45, 2.75) is 50.7 Å². The molecule has 7 nitrogen and oxygen atoms in total. The normalized spacial score (nSPS) is 12.2. The molecule has 28 heavy (non-hydrogen) atoms. The summed E-state index contributed by atoms with van der Waals surface area (Å²) >= 11 is 0. The number of alkyl halides is 3. The fourth-order valence-corrected chi connectivity index (χ4v) is 2.37. The molecule has 0 bridgehead atoms. The predicted molar refractivity (Wildman–Crippen MR) is 95.1 cm³/mol. The molecule has 5 N–H and O–H groups in total. The topological polar surface area (TPSA) is 122 Å². The Morgan fingerprint density at radius 3 is 2.29 bits per heavy atom. The van der Waals surface area contributed by atoms with Gasteiger partial charge < -0.3 is 21.5 Å². The number of aromatic hydroxyl groups is 1. The summed E-state index contributed by atoms with van der Waals surface area (Å²) in [6.07, 6.45) is -5.50. The molecule has 1 aromatic carbocycles. The van der Waals surface area contributed by atoms with Crippen LogP contribution in [-0.2, 0) is 20.8 Å². The fourth-order valence-electron chi connectivity index (χ4n) is 2.37. The number of hydrogen-bond donors (Lipinski definition) is 4. The molecule has 0 unspecified atom stereocenters. The lowest BCUT2D eigenvalue weighted by Crippen LogP contribution is -2.47. The van der Waals surface area contributed by atoms with Crippen LogP contribution in [0.5, 0.6) is 5.75 Å². The van der Waals surface area contributed by atoms with E-state index in [1.165, 1.54) is 12.1 Å². The van der Waals surface area contributed by atoms with Gasteiger partial charge in [-0.1, -0.05) is 12.1 Å². The van der Waals surface area contributed by atoms with Crippen molar-refractivity contribution in [3.8, 4) is 5.75 Å². The molecule has 10 heteroatoms. The van der Waals surface area contributed by atoms with Crippen LogP contribution >= 0.6 is 0 Å². The Bertz CT molecular complexity index is 663. The number of primary amides is 1. The molecule has 0 aliphatic rings. The highest BCUT2D eigenvalue weighted by atomic mass is 19.4.